The van der Waals surface area contributed by atoms with E-state index < -0.39 is 0 Å². The number of aromatic hydroxyl groups is 1. The summed E-state index contributed by atoms with van der Waals surface area (Å²) in [6.07, 6.45) is 1.54. The van der Waals surface area contributed by atoms with Crippen LogP contribution in [0.1, 0.15) is 22.6 Å². The Bertz CT molecular complexity index is 776. The number of aromatic nitrogens is 2. The molecule has 1 aromatic carbocycles. The average Bonchev–Trinajstić information content (AvgIpc) is 2.90. The lowest BCUT2D eigenvalue weighted by molar-refractivity contribution is -0.132. The number of carbonyl (C=O) groups excluding carboxylic acids is 2. The van der Waals surface area contributed by atoms with E-state index in [-0.39, 0.29) is 17.2 Å². The van der Waals surface area contributed by atoms with Crippen LogP contribution in [0.3, 0.4) is 0 Å². The third-order valence-corrected chi connectivity index (χ3v) is 4.68. The molecule has 1 fully saturated rings. The molecule has 1 aliphatic rings. The van der Waals surface area contributed by atoms with Gasteiger partial charge in [0.05, 0.1) is 16.6 Å². The summed E-state index contributed by atoms with van der Waals surface area (Å²) >= 11 is 0. The van der Waals surface area contributed by atoms with Gasteiger partial charge in [0.15, 0.2) is 6.29 Å². The fraction of sp³-hybridized carbons (Fsp3) is 0.471. The molecule has 2 heterocycles. The number of carbonyl (C=O) groups is 2. The highest BCUT2D eigenvalue weighted by molar-refractivity contribution is 5.97. The zero-order chi connectivity index (χ0) is 17.3. The molecule has 0 bridgehead atoms. The van der Waals surface area contributed by atoms with E-state index in [2.05, 4.69) is 16.9 Å². The van der Waals surface area contributed by atoms with Crippen LogP contribution >= 0.6 is 0 Å². The molecule has 1 amide bonds. The number of phenolic OH excluding ortho intramolecular Hbond substituents is 1. The molecule has 0 unspecified atom stereocenters. The second kappa shape index (κ2) is 6.60. The van der Waals surface area contributed by atoms with Crippen molar-refractivity contribution >= 4 is 23.2 Å². The summed E-state index contributed by atoms with van der Waals surface area (Å²) in [4.78, 5) is 32.2. The first-order valence-electron chi connectivity index (χ1n) is 8.10. The molecule has 0 atom stereocenters. The number of fused-ring (bicyclic) bond motifs is 1. The maximum absolute atomic E-state index is 12.4. The van der Waals surface area contributed by atoms with Crippen molar-refractivity contribution in [3.8, 4) is 5.75 Å². The Labute approximate surface area is 140 Å². The molecule has 2 aromatic rings. The highest BCUT2D eigenvalue weighted by Crippen LogP contribution is 2.26. The fourth-order valence-electron chi connectivity index (χ4n) is 3.14. The molecule has 7 heteroatoms. The summed E-state index contributed by atoms with van der Waals surface area (Å²) in [7, 11) is 3.86. The largest absolute Gasteiger partial charge is 0.507 e. The number of rotatable bonds is 4. The van der Waals surface area contributed by atoms with Crippen LogP contribution in [0, 0.1) is 0 Å². The lowest BCUT2D eigenvalue weighted by Crippen LogP contribution is -2.47. The number of aldehydes is 1. The van der Waals surface area contributed by atoms with Crippen LogP contribution in [0.15, 0.2) is 12.1 Å². The van der Waals surface area contributed by atoms with Crippen molar-refractivity contribution in [2.45, 2.75) is 12.8 Å². The van der Waals surface area contributed by atoms with Gasteiger partial charge in [-0.05, 0) is 19.2 Å². The highest BCUT2D eigenvalue weighted by Gasteiger charge is 2.20. The van der Waals surface area contributed by atoms with E-state index in [1.807, 2.05) is 4.90 Å². The molecule has 3 rings (SSSR count). The van der Waals surface area contributed by atoms with Gasteiger partial charge in [0.2, 0.25) is 5.91 Å². The Hall–Kier alpha value is -2.41. The summed E-state index contributed by atoms with van der Waals surface area (Å²) in [5.41, 5.74) is 1.49. The summed E-state index contributed by atoms with van der Waals surface area (Å²) in [6, 6.07) is 3.15. The standard InChI is InChI=1S/C17H22N4O3/c1-19-7-9-21(10-8-19)16(24)6-5-15-18-13-3-4-14(23)12(11-22)17(13)20(15)2/h3-4,11,23H,5-10H2,1-2H3. The molecular weight excluding hydrogens is 308 g/mol. The summed E-state index contributed by atoms with van der Waals surface area (Å²) in [5.74, 6) is 0.815. The average molecular weight is 330 g/mol. The van der Waals surface area contributed by atoms with Crippen molar-refractivity contribution in [2.75, 3.05) is 33.2 Å². The highest BCUT2D eigenvalue weighted by atomic mass is 16.3. The minimum atomic E-state index is -0.0550. The van der Waals surface area contributed by atoms with E-state index in [1.165, 1.54) is 6.07 Å². The third-order valence-electron chi connectivity index (χ3n) is 4.68. The number of piperazine rings is 1. The van der Waals surface area contributed by atoms with Crippen LogP contribution in [-0.4, -0.2) is 69.9 Å². The van der Waals surface area contributed by atoms with Gasteiger partial charge in [-0.15, -0.1) is 0 Å². The molecule has 0 aliphatic carbocycles. The molecule has 1 aromatic heterocycles. The van der Waals surface area contributed by atoms with Gasteiger partial charge in [-0.2, -0.15) is 0 Å². The lowest BCUT2D eigenvalue weighted by atomic mass is 10.2. The van der Waals surface area contributed by atoms with Gasteiger partial charge in [0, 0.05) is 46.1 Å². The number of hydrogen-bond acceptors (Lipinski definition) is 5. The minimum absolute atomic E-state index is 0.0550. The molecule has 128 valence electrons. The molecule has 1 saturated heterocycles. The molecule has 0 radical (unpaired) electrons. The summed E-state index contributed by atoms with van der Waals surface area (Å²) in [5, 5.41) is 9.81. The second-order valence-electron chi connectivity index (χ2n) is 6.26. The molecule has 7 nitrogen and oxygen atoms in total. The van der Waals surface area contributed by atoms with Gasteiger partial charge < -0.3 is 19.5 Å². The van der Waals surface area contributed by atoms with Gasteiger partial charge in [-0.1, -0.05) is 0 Å². The predicted octanol–water partition coefficient (Wildman–Crippen LogP) is 0.798. The van der Waals surface area contributed by atoms with Gasteiger partial charge in [-0.3, -0.25) is 9.59 Å². The lowest BCUT2D eigenvalue weighted by Gasteiger charge is -2.32. The van der Waals surface area contributed by atoms with Gasteiger partial charge in [0.25, 0.3) is 0 Å². The van der Waals surface area contributed by atoms with Gasteiger partial charge >= 0.3 is 0 Å². The van der Waals surface area contributed by atoms with Crippen molar-refractivity contribution < 1.29 is 14.7 Å². The van der Waals surface area contributed by atoms with Crippen molar-refractivity contribution in [3.05, 3.63) is 23.5 Å². The van der Waals surface area contributed by atoms with E-state index in [1.54, 1.807) is 17.7 Å². The first kappa shape index (κ1) is 16.4. The summed E-state index contributed by atoms with van der Waals surface area (Å²) < 4.78 is 1.79. The van der Waals surface area contributed by atoms with Crippen LogP contribution in [0.5, 0.6) is 5.75 Å². The number of benzene rings is 1. The second-order valence-corrected chi connectivity index (χ2v) is 6.26. The Kier molecular flexibility index (Phi) is 4.53. The molecule has 0 spiro atoms. The number of likely N-dealkylation sites (N-methyl/N-ethyl adjacent to an activating group) is 1. The van der Waals surface area contributed by atoms with E-state index in [9.17, 15) is 14.7 Å². The Morgan fingerprint density at radius 3 is 2.62 bits per heavy atom. The monoisotopic (exact) mass is 330 g/mol. The van der Waals surface area contributed by atoms with Crippen LogP contribution in [0.25, 0.3) is 11.0 Å². The third kappa shape index (κ3) is 2.99. The van der Waals surface area contributed by atoms with Crippen LogP contribution < -0.4 is 0 Å². The number of amides is 1. The quantitative estimate of drug-likeness (QED) is 0.839. The normalized spacial score (nSPS) is 15.8. The molecular formula is C17H22N4O3. The first-order chi connectivity index (χ1) is 11.5. The van der Waals surface area contributed by atoms with E-state index in [0.29, 0.717) is 30.2 Å². The maximum atomic E-state index is 12.4. The van der Waals surface area contributed by atoms with Crippen molar-refractivity contribution in [3.63, 3.8) is 0 Å². The zero-order valence-electron chi connectivity index (χ0n) is 14.0. The van der Waals surface area contributed by atoms with E-state index >= 15 is 0 Å². The minimum Gasteiger partial charge on any atom is -0.507 e. The van der Waals surface area contributed by atoms with Crippen LogP contribution in [0.2, 0.25) is 0 Å². The number of phenols is 1. The molecule has 1 aliphatic heterocycles. The van der Waals surface area contributed by atoms with Crippen molar-refractivity contribution in [1.29, 1.82) is 0 Å². The Morgan fingerprint density at radius 2 is 1.96 bits per heavy atom. The summed E-state index contributed by atoms with van der Waals surface area (Å²) in [6.45, 7) is 3.34. The number of hydrogen-bond donors (Lipinski definition) is 1. The Morgan fingerprint density at radius 1 is 1.25 bits per heavy atom. The number of aryl methyl sites for hydroxylation is 2. The van der Waals surface area contributed by atoms with E-state index in [4.69, 9.17) is 0 Å². The maximum Gasteiger partial charge on any atom is 0.223 e. The van der Waals surface area contributed by atoms with Crippen LogP contribution in [0.4, 0.5) is 0 Å². The topological polar surface area (TPSA) is 78.7 Å². The molecule has 24 heavy (non-hydrogen) atoms. The Balaban J connectivity index is 1.75. The van der Waals surface area contributed by atoms with E-state index in [0.717, 1.165) is 32.0 Å². The molecule has 0 saturated carbocycles. The number of imidazole rings is 1. The first-order valence-corrected chi connectivity index (χ1v) is 8.10. The molecule has 1 N–H and O–H groups in total. The smallest absolute Gasteiger partial charge is 0.223 e. The number of nitrogens with zero attached hydrogens (tertiary/aromatic N) is 4. The SMILES string of the molecule is CN1CCN(C(=O)CCc2nc3ccc(O)c(C=O)c3n2C)CC1. The van der Waals surface area contributed by atoms with Gasteiger partial charge in [-0.25, -0.2) is 4.98 Å². The van der Waals surface area contributed by atoms with Crippen molar-refractivity contribution in [2.24, 2.45) is 7.05 Å². The predicted molar refractivity (Wildman–Crippen MR) is 90.2 cm³/mol. The van der Waals surface area contributed by atoms with Crippen molar-refractivity contribution in [1.82, 2.24) is 19.4 Å². The van der Waals surface area contributed by atoms with Crippen LogP contribution in [-0.2, 0) is 18.3 Å². The zero-order valence-corrected chi connectivity index (χ0v) is 14.0. The van der Waals surface area contributed by atoms with Gasteiger partial charge in [0.1, 0.15) is 11.6 Å². The fourth-order valence-corrected chi connectivity index (χ4v) is 3.14.